The van der Waals surface area contributed by atoms with Crippen molar-refractivity contribution in [3.05, 3.63) is 59.4 Å². The number of halogens is 5. The molecule has 0 bridgehead atoms. The van der Waals surface area contributed by atoms with E-state index in [0.29, 0.717) is 16.8 Å². The highest BCUT2D eigenvalue weighted by molar-refractivity contribution is 5.92. The second kappa shape index (κ2) is 7.17. The molecule has 3 nitrogen and oxygen atoms in total. The number of carbonyl (C=O) groups excluding carboxylic acids is 1. The highest BCUT2D eigenvalue weighted by Gasteiger charge is 2.48. The van der Waals surface area contributed by atoms with Gasteiger partial charge in [-0.3, -0.25) is 4.79 Å². The van der Waals surface area contributed by atoms with Crippen LogP contribution in [0.4, 0.5) is 22.0 Å². The molecule has 1 amide bonds. The third kappa shape index (κ3) is 3.71. The molecule has 1 fully saturated rings. The van der Waals surface area contributed by atoms with Crippen LogP contribution in [0.5, 0.6) is 0 Å². The number of benzene rings is 2. The number of rotatable bonds is 5. The average molecular weight is 408 g/mol. The third-order valence-electron chi connectivity index (χ3n) is 5.28. The minimum Gasteiger partial charge on any atom is -0.352 e. The first-order valence-corrected chi connectivity index (χ1v) is 9.17. The Morgan fingerprint density at radius 3 is 2.45 bits per heavy atom. The second-order valence-electron chi connectivity index (χ2n) is 7.22. The number of fused-ring (bicyclic) bond motifs is 1. The molecule has 4 rings (SSSR count). The predicted molar refractivity (Wildman–Crippen MR) is 98.0 cm³/mol. The molecule has 1 saturated carbocycles. The van der Waals surface area contributed by atoms with Crippen LogP contribution >= 0.6 is 0 Å². The summed E-state index contributed by atoms with van der Waals surface area (Å²) in [5.41, 5.74) is 1.47. The fourth-order valence-corrected chi connectivity index (χ4v) is 3.59. The molecular formula is C21H17F5N2O. The van der Waals surface area contributed by atoms with E-state index in [0.717, 1.165) is 12.1 Å². The highest BCUT2D eigenvalue weighted by Crippen LogP contribution is 2.38. The molecule has 1 atom stereocenters. The number of aryl methyl sites for hydroxylation is 1. The maximum atomic E-state index is 14.2. The number of nitrogens with one attached hydrogen (secondary N) is 2. The lowest BCUT2D eigenvalue weighted by molar-refractivity contribution is -0.136. The van der Waals surface area contributed by atoms with E-state index in [9.17, 15) is 26.7 Å². The SMILES string of the molecule is O=C(CCc1c(-c2ccc(F)cc2)[nH]c2c(F)cc(F)cc12)NC1CCC1(F)F. The van der Waals surface area contributed by atoms with Crippen molar-refractivity contribution in [1.29, 1.82) is 0 Å². The molecule has 29 heavy (non-hydrogen) atoms. The van der Waals surface area contributed by atoms with Crippen LogP contribution in [-0.4, -0.2) is 22.9 Å². The lowest BCUT2D eigenvalue weighted by atomic mass is 9.87. The number of amides is 1. The maximum Gasteiger partial charge on any atom is 0.267 e. The first-order chi connectivity index (χ1) is 13.7. The quantitative estimate of drug-likeness (QED) is 0.567. The van der Waals surface area contributed by atoms with Crippen LogP contribution in [-0.2, 0) is 11.2 Å². The fraction of sp³-hybridized carbons (Fsp3) is 0.286. The van der Waals surface area contributed by atoms with Gasteiger partial charge in [-0.05, 0) is 54.3 Å². The minimum atomic E-state index is -2.90. The Morgan fingerprint density at radius 2 is 1.83 bits per heavy atom. The van der Waals surface area contributed by atoms with Crippen LogP contribution in [0.25, 0.3) is 22.2 Å². The van der Waals surface area contributed by atoms with E-state index in [4.69, 9.17) is 0 Å². The highest BCUT2D eigenvalue weighted by atomic mass is 19.3. The predicted octanol–water partition coefficient (Wildman–Crippen LogP) is 5.10. The van der Waals surface area contributed by atoms with E-state index >= 15 is 0 Å². The normalized spacial score (nSPS) is 17.9. The Morgan fingerprint density at radius 1 is 1.10 bits per heavy atom. The number of alkyl halides is 2. The molecule has 3 aromatic rings. The zero-order chi connectivity index (χ0) is 20.8. The smallest absolute Gasteiger partial charge is 0.267 e. The van der Waals surface area contributed by atoms with Gasteiger partial charge < -0.3 is 10.3 Å². The van der Waals surface area contributed by atoms with Crippen LogP contribution in [0.3, 0.4) is 0 Å². The van der Waals surface area contributed by atoms with Crippen LogP contribution in [0, 0.1) is 17.5 Å². The number of hydrogen-bond acceptors (Lipinski definition) is 1. The topological polar surface area (TPSA) is 44.9 Å². The van der Waals surface area contributed by atoms with Gasteiger partial charge in [0.05, 0.1) is 11.6 Å². The van der Waals surface area contributed by atoms with E-state index in [1.54, 1.807) is 0 Å². The third-order valence-corrected chi connectivity index (χ3v) is 5.28. The van der Waals surface area contributed by atoms with Gasteiger partial charge in [-0.25, -0.2) is 22.0 Å². The van der Waals surface area contributed by atoms with Gasteiger partial charge in [-0.1, -0.05) is 0 Å². The van der Waals surface area contributed by atoms with E-state index in [1.165, 1.54) is 24.3 Å². The first-order valence-electron chi connectivity index (χ1n) is 9.17. The summed E-state index contributed by atoms with van der Waals surface area (Å²) in [6.07, 6.45) is -0.109. The molecule has 152 valence electrons. The molecule has 1 aromatic heterocycles. The second-order valence-corrected chi connectivity index (χ2v) is 7.22. The Bertz CT molecular complexity index is 1070. The fourth-order valence-electron chi connectivity index (χ4n) is 3.59. The van der Waals surface area contributed by atoms with E-state index in [1.807, 2.05) is 0 Å². The largest absolute Gasteiger partial charge is 0.352 e. The molecule has 2 aromatic carbocycles. The van der Waals surface area contributed by atoms with Gasteiger partial charge in [-0.2, -0.15) is 0 Å². The van der Waals surface area contributed by atoms with E-state index < -0.39 is 35.3 Å². The number of H-pyrrole nitrogens is 1. The van der Waals surface area contributed by atoms with E-state index in [-0.39, 0.29) is 36.6 Å². The minimum absolute atomic E-state index is 0.0617. The zero-order valence-electron chi connectivity index (χ0n) is 15.2. The standard InChI is InChI=1S/C21H17F5N2O/c22-12-3-1-11(2-4-12)19-14(15-9-13(23)10-16(24)20(15)28-19)5-6-18(29)27-17-7-8-21(17,25)26/h1-4,9-10,17,28H,5-8H2,(H,27,29). The molecule has 8 heteroatoms. The van der Waals surface area contributed by atoms with E-state index in [2.05, 4.69) is 10.3 Å². The summed E-state index contributed by atoms with van der Waals surface area (Å²) in [5.74, 6) is -5.50. The summed E-state index contributed by atoms with van der Waals surface area (Å²) < 4.78 is 68.0. The first kappa shape index (κ1) is 19.4. The molecule has 1 aliphatic rings. The Labute approximate surface area is 162 Å². The van der Waals surface area contributed by atoms with Crippen LogP contribution in [0.2, 0.25) is 0 Å². The van der Waals surface area contributed by atoms with Crippen LogP contribution < -0.4 is 5.32 Å². The molecule has 1 heterocycles. The van der Waals surface area contributed by atoms with Gasteiger partial charge in [0.15, 0.2) is 0 Å². The molecule has 1 aliphatic carbocycles. The van der Waals surface area contributed by atoms with Crippen molar-refractivity contribution in [2.75, 3.05) is 0 Å². The number of aromatic amines is 1. The number of aromatic nitrogens is 1. The van der Waals surface area contributed by atoms with Crippen molar-refractivity contribution in [3.8, 4) is 11.3 Å². The molecular weight excluding hydrogens is 391 g/mol. The van der Waals surface area contributed by atoms with Crippen LogP contribution in [0.15, 0.2) is 36.4 Å². The van der Waals surface area contributed by atoms with Gasteiger partial charge in [0.2, 0.25) is 5.91 Å². The zero-order valence-corrected chi connectivity index (χ0v) is 15.2. The van der Waals surface area contributed by atoms with Gasteiger partial charge in [0.1, 0.15) is 17.5 Å². The van der Waals surface area contributed by atoms with Gasteiger partial charge in [0.25, 0.3) is 5.92 Å². The van der Waals surface area contributed by atoms with Crippen molar-refractivity contribution in [1.82, 2.24) is 10.3 Å². The average Bonchev–Trinajstić information content (AvgIpc) is 3.03. The van der Waals surface area contributed by atoms with Gasteiger partial charge in [0, 0.05) is 30.0 Å². The summed E-state index contributed by atoms with van der Waals surface area (Å²) in [5, 5.41) is 2.56. The van der Waals surface area contributed by atoms with Gasteiger partial charge in [-0.15, -0.1) is 0 Å². The monoisotopic (exact) mass is 408 g/mol. The molecule has 0 aliphatic heterocycles. The van der Waals surface area contributed by atoms with Crippen molar-refractivity contribution in [2.24, 2.45) is 0 Å². The molecule has 2 N–H and O–H groups in total. The lowest BCUT2D eigenvalue weighted by Gasteiger charge is -2.36. The summed E-state index contributed by atoms with van der Waals surface area (Å²) in [6, 6.07) is 6.13. The Kier molecular flexibility index (Phi) is 4.80. The number of hydrogen-bond donors (Lipinski definition) is 2. The summed E-state index contributed by atoms with van der Waals surface area (Å²) in [7, 11) is 0. The molecule has 0 saturated heterocycles. The Hall–Kier alpha value is -2.90. The Balaban J connectivity index is 1.65. The van der Waals surface area contributed by atoms with Crippen molar-refractivity contribution in [3.63, 3.8) is 0 Å². The summed E-state index contributed by atoms with van der Waals surface area (Å²) in [6.45, 7) is 0. The lowest BCUT2D eigenvalue weighted by Crippen LogP contribution is -2.55. The van der Waals surface area contributed by atoms with Crippen LogP contribution in [0.1, 0.15) is 24.8 Å². The van der Waals surface area contributed by atoms with Crippen molar-refractivity contribution >= 4 is 16.8 Å². The number of carbonyl (C=O) groups is 1. The van der Waals surface area contributed by atoms with Crippen molar-refractivity contribution < 1.29 is 26.7 Å². The molecule has 0 radical (unpaired) electrons. The van der Waals surface area contributed by atoms with Crippen molar-refractivity contribution in [2.45, 2.75) is 37.6 Å². The summed E-state index contributed by atoms with van der Waals surface area (Å²) >= 11 is 0. The molecule has 0 spiro atoms. The molecule has 1 unspecified atom stereocenters. The van der Waals surface area contributed by atoms with Gasteiger partial charge >= 0.3 is 0 Å². The summed E-state index contributed by atoms with van der Waals surface area (Å²) in [4.78, 5) is 15.0. The maximum absolute atomic E-state index is 14.2.